The van der Waals surface area contributed by atoms with Crippen molar-refractivity contribution < 1.29 is 23.5 Å². The summed E-state index contributed by atoms with van der Waals surface area (Å²) in [7, 11) is 2.91. The highest BCUT2D eigenvalue weighted by molar-refractivity contribution is 8.00. The van der Waals surface area contributed by atoms with Crippen LogP contribution in [-0.2, 0) is 4.79 Å². The van der Waals surface area contributed by atoms with E-state index in [4.69, 9.17) is 9.47 Å². The van der Waals surface area contributed by atoms with Crippen LogP contribution in [0.4, 0.5) is 4.39 Å². The van der Waals surface area contributed by atoms with Crippen LogP contribution in [0.15, 0.2) is 47.4 Å². The number of hydrogen-bond acceptors (Lipinski definition) is 5. The molecular weight excluding hydrogens is 347 g/mol. The van der Waals surface area contributed by atoms with Crippen LogP contribution in [0, 0.1) is 5.82 Å². The monoisotopic (exact) mass is 364 g/mol. The highest BCUT2D eigenvalue weighted by Gasteiger charge is 2.14. The Hall–Kier alpha value is -2.74. The predicted octanol–water partition coefficient (Wildman–Crippen LogP) is 2.40. The molecule has 2 aromatic carbocycles. The first-order chi connectivity index (χ1) is 12.0. The average Bonchev–Trinajstić information content (AvgIpc) is 2.64. The fourth-order valence-electron chi connectivity index (χ4n) is 1.93. The number of halogens is 1. The molecule has 0 atom stereocenters. The lowest BCUT2D eigenvalue weighted by molar-refractivity contribution is -0.119. The highest BCUT2D eigenvalue weighted by atomic mass is 32.2. The first kappa shape index (κ1) is 18.6. The van der Waals surface area contributed by atoms with E-state index in [1.165, 1.54) is 26.4 Å². The van der Waals surface area contributed by atoms with Gasteiger partial charge in [-0.15, -0.1) is 11.8 Å². The number of carbonyl (C=O) groups excluding carboxylic acids is 2. The standard InChI is InChI=1S/C17H17FN2O4S/c1-23-11-7-8-14(24-2)12(9-11)17(22)20-19-16(21)10-25-15-6-4-3-5-13(15)18/h3-9H,10H2,1-2H3,(H,19,21)(H,20,22). The third-order valence-electron chi connectivity index (χ3n) is 3.16. The summed E-state index contributed by atoms with van der Waals surface area (Å²) in [5.74, 6) is -0.647. The number of rotatable bonds is 6. The van der Waals surface area contributed by atoms with Gasteiger partial charge in [0.1, 0.15) is 17.3 Å². The first-order valence-electron chi connectivity index (χ1n) is 7.23. The quantitative estimate of drug-likeness (QED) is 0.608. The van der Waals surface area contributed by atoms with Crippen molar-refractivity contribution in [3.05, 3.63) is 53.8 Å². The Labute approximate surface area is 148 Å². The van der Waals surface area contributed by atoms with Crippen molar-refractivity contribution in [3.63, 3.8) is 0 Å². The van der Waals surface area contributed by atoms with Crippen LogP contribution in [0.5, 0.6) is 11.5 Å². The minimum atomic E-state index is -0.556. The number of hydrazine groups is 1. The van der Waals surface area contributed by atoms with Gasteiger partial charge >= 0.3 is 0 Å². The molecule has 6 nitrogen and oxygen atoms in total. The maximum absolute atomic E-state index is 13.5. The van der Waals surface area contributed by atoms with Crippen molar-refractivity contribution in [1.29, 1.82) is 0 Å². The number of hydrogen-bond donors (Lipinski definition) is 2. The topological polar surface area (TPSA) is 76.7 Å². The van der Waals surface area contributed by atoms with Crippen LogP contribution in [0.25, 0.3) is 0 Å². The summed E-state index contributed by atoms with van der Waals surface area (Å²) in [5, 5.41) is 0. The van der Waals surface area contributed by atoms with Crippen molar-refractivity contribution in [2.75, 3.05) is 20.0 Å². The van der Waals surface area contributed by atoms with E-state index >= 15 is 0 Å². The van der Waals surface area contributed by atoms with Gasteiger partial charge < -0.3 is 9.47 Å². The van der Waals surface area contributed by atoms with Gasteiger partial charge in [-0.1, -0.05) is 12.1 Å². The molecule has 0 bridgehead atoms. The Balaban J connectivity index is 1.91. The zero-order valence-corrected chi connectivity index (χ0v) is 14.5. The largest absolute Gasteiger partial charge is 0.497 e. The van der Waals surface area contributed by atoms with Crippen LogP contribution in [0.3, 0.4) is 0 Å². The Morgan fingerprint density at radius 2 is 1.84 bits per heavy atom. The molecule has 0 saturated carbocycles. The zero-order chi connectivity index (χ0) is 18.2. The van der Waals surface area contributed by atoms with Crippen LogP contribution in [-0.4, -0.2) is 31.8 Å². The molecule has 0 fully saturated rings. The minimum Gasteiger partial charge on any atom is -0.497 e. The number of amides is 2. The summed E-state index contributed by atoms with van der Waals surface area (Å²) >= 11 is 1.03. The molecule has 0 aromatic heterocycles. The van der Waals surface area contributed by atoms with E-state index in [0.717, 1.165) is 11.8 Å². The number of thioether (sulfide) groups is 1. The summed E-state index contributed by atoms with van der Waals surface area (Å²) in [6.07, 6.45) is 0. The van der Waals surface area contributed by atoms with Crippen LogP contribution in [0.2, 0.25) is 0 Å². The number of carbonyl (C=O) groups is 2. The molecule has 0 spiro atoms. The Kier molecular flexibility index (Phi) is 6.64. The molecule has 0 aliphatic rings. The number of ether oxygens (including phenoxy) is 2. The minimum absolute atomic E-state index is 0.0452. The number of nitrogens with one attached hydrogen (secondary N) is 2. The molecule has 8 heteroatoms. The van der Waals surface area contributed by atoms with Crippen molar-refractivity contribution >= 4 is 23.6 Å². The Bertz CT molecular complexity index is 770. The molecule has 0 aliphatic carbocycles. The van der Waals surface area contributed by atoms with Gasteiger partial charge in [-0.2, -0.15) is 0 Å². The van der Waals surface area contributed by atoms with Crippen molar-refractivity contribution in [2.24, 2.45) is 0 Å². The zero-order valence-electron chi connectivity index (χ0n) is 13.7. The van der Waals surface area contributed by atoms with Gasteiger partial charge in [-0.05, 0) is 30.3 Å². The number of benzene rings is 2. The third kappa shape index (κ3) is 5.12. The second kappa shape index (κ2) is 8.93. The van der Waals surface area contributed by atoms with Crippen molar-refractivity contribution in [3.8, 4) is 11.5 Å². The molecule has 2 N–H and O–H groups in total. The van der Waals surface area contributed by atoms with Crippen LogP contribution >= 0.6 is 11.8 Å². The summed E-state index contributed by atoms with van der Waals surface area (Å²) in [4.78, 5) is 24.4. The van der Waals surface area contributed by atoms with Gasteiger partial charge in [0, 0.05) is 4.90 Å². The van der Waals surface area contributed by atoms with Crippen LogP contribution < -0.4 is 20.3 Å². The van der Waals surface area contributed by atoms with Gasteiger partial charge in [0.15, 0.2) is 0 Å². The fourth-order valence-corrected chi connectivity index (χ4v) is 2.67. The SMILES string of the molecule is COc1ccc(OC)c(C(=O)NNC(=O)CSc2ccccc2F)c1. The van der Waals surface area contributed by atoms with E-state index in [9.17, 15) is 14.0 Å². The van der Waals surface area contributed by atoms with E-state index in [2.05, 4.69) is 10.9 Å². The summed E-state index contributed by atoms with van der Waals surface area (Å²) in [6, 6.07) is 10.9. The van der Waals surface area contributed by atoms with Gasteiger partial charge in [-0.25, -0.2) is 4.39 Å². The molecule has 25 heavy (non-hydrogen) atoms. The van der Waals surface area contributed by atoms with E-state index in [1.807, 2.05) is 0 Å². The summed E-state index contributed by atoms with van der Waals surface area (Å²) in [5.41, 5.74) is 4.79. The normalized spacial score (nSPS) is 10.0. The maximum atomic E-state index is 13.5. The molecule has 0 heterocycles. The molecular formula is C17H17FN2O4S. The second-order valence-electron chi connectivity index (χ2n) is 4.79. The third-order valence-corrected chi connectivity index (χ3v) is 4.21. The van der Waals surface area contributed by atoms with E-state index < -0.39 is 17.6 Å². The summed E-state index contributed by atoms with van der Waals surface area (Å²) in [6.45, 7) is 0. The highest BCUT2D eigenvalue weighted by Crippen LogP contribution is 2.23. The number of methoxy groups -OCH3 is 2. The average molecular weight is 364 g/mol. The first-order valence-corrected chi connectivity index (χ1v) is 8.22. The van der Waals surface area contributed by atoms with Crippen LogP contribution in [0.1, 0.15) is 10.4 Å². The lowest BCUT2D eigenvalue weighted by Crippen LogP contribution is -2.42. The molecule has 0 unspecified atom stereocenters. The lowest BCUT2D eigenvalue weighted by atomic mass is 10.2. The summed E-state index contributed by atoms with van der Waals surface area (Å²) < 4.78 is 23.7. The van der Waals surface area contributed by atoms with E-state index in [-0.39, 0.29) is 11.3 Å². The maximum Gasteiger partial charge on any atom is 0.273 e. The Morgan fingerprint density at radius 3 is 2.52 bits per heavy atom. The predicted molar refractivity (Wildman–Crippen MR) is 92.3 cm³/mol. The second-order valence-corrected chi connectivity index (χ2v) is 5.80. The molecule has 0 radical (unpaired) electrons. The molecule has 2 aromatic rings. The van der Waals surface area contributed by atoms with E-state index in [0.29, 0.717) is 16.4 Å². The van der Waals surface area contributed by atoms with Crippen molar-refractivity contribution in [2.45, 2.75) is 4.90 Å². The van der Waals surface area contributed by atoms with Gasteiger partial charge in [0.2, 0.25) is 5.91 Å². The molecule has 2 amide bonds. The molecule has 0 saturated heterocycles. The van der Waals surface area contributed by atoms with Gasteiger partial charge in [0.25, 0.3) is 5.91 Å². The fraction of sp³-hybridized carbons (Fsp3) is 0.176. The molecule has 2 rings (SSSR count). The van der Waals surface area contributed by atoms with Gasteiger partial charge in [0.05, 0.1) is 25.5 Å². The smallest absolute Gasteiger partial charge is 0.273 e. The lowest BCUT2D eigenvalue weighted by Gasteiger charge is -2.11. The van der Waals surface area contributed by atoms with Crippen molar-refractivity contribution in [1.82, 2.24) is 10.9 Å². The van der Waals surface area contributed by atoms with E-state index in [1.54, 1.807) is 30.3 Å². The molecule has 132 valence electrons. The Morgan fingerprint density at radius 1 is 1.08 bits per heavy atom. The van der Waals surface area contributed by atoms with Gasteiger partial charge in [-0.3, -0.25) is 20.4 Å². The molecule has 0 aliphatic heterocycles.